The molecule has 166 valence electrons. The molecule has 1 amide bonds. The fourth-order valence-electron chi connectivity index (χ4n) is 4.56. The SMILES string of the molecule is CS(=O)(=O)NCC1CCC(C(=O)N2CCN(Cc3ccc4c(c3)OCO4)CC2)CC1. The highest BCUT2D eigenvalue weighted by atomic mass is 32.2. The Morgan fingerprint density at radius 3 is 2.47 bits per heavy atom. The van der Waals surface area contributed by atoms with E-state index in [4.69, 9.17) is 9.47 Å². The van der Waals surface area contributed by atoms with Gasteiger partial charge in [-0.1, -0.05) is 6.07 Å². The van der Waals surface area contributed by atoms with Crippen molar-refractivity contribution in [3.05, 3.63) is 23.8 Å². The molecule has 2 heterocycles. The molecular formula is C21H31N3O5S. The van der Waals surface area contributed by atoms with Crippen LogP contribution in [0.25, 0.3) is 0 Å². The summed E-state index contributed by atoms with van der Waals surface area (Å²) in [5.74, 6) is 2.30. The highest BCUT2D eigenvalue weighted by molar-refractivity contribution is 7.88. The molecular weight excluding hydrogens is 406 g/mol. The molecule has 8 nitrogen and oxygen atoms in total. The van der Waals surface area contributed by atoms with Crippen LogP contribution in [0.1, 0.15) is 31.2 Å². The molecule has 1 aromatic carbocycles. The maximum atomic E-state index is 12.9. The average molecular weight is 438 g/mol. The second kappa shape index (κ2) is 9.11. The number of fused-ring (bicyclic) bond motifs is 1. The molecule has 9 heteroatoms. The Morgan fingerprint density at radius 1 is 1.07 bits per heavy atom. The quantitative estimate of drug-likeness (QED) is 0.724. The minimum absolute atomic E-state index is 0.0832. The van der Waals surface area contributed by atoms with Gasteiger partial charge in [0.25, 0.3) is 0 Å². The van der Waals surface area contributed by atoms with Gasteiger partial charge in [-0.3, -0.25) is 9.69 Å². The van der Waals surface area contributed by atoms with Crippen LogP contribution < -0.4 is 14.2 Å². The molecule has 1 saturated heterocycles. The maximum Gasteiger partial charge on any atom is 0.231 e. The van der Waals surface area contributed by atoms with Gasteiger partial charge in [-0.25, -0.2) is 13.1 Å². The number of hydrogen-bond acceptors (Lipinski definition) is 6. The van der Waals surface area contributed by atoms with E-state index in [9.17, 15) is 13.2 Å². The third-order valence-corrected chi connectivity index (χ3v) is 7.05. The summed E-state index contributed by atoms with van der Waals surface area (Å²) in [7, 11) is -3.14. The summed E-state index contributed by atoms with van der Waals surface area (Å²) in [5, 5.41) is 0. The number of benzene rings is 1. The number of sulfonamides is 1. The van der Waals surface area contributed by atoms with E-state index >= 15 is 0 Å². The maximum absolute atomic E-state index is 12.9. The lowest BCUT2D eigenvalue weighted by Gasteiger charge is -2.38. The van der Waals surface area contributed by atoms with Crippen molar-refractivity contribution < 1.29 is 22.7 Å². The van der Waals surface area contributed by atoms with E-state index in [1.54, 1.807) is 0 Å². The summed E-state index contributed by atoms with van der Waals surface area (Å²) >= 11 is 0. The third kappa shape index (κ3) is 5.44. The van der Waals surface area contributed by atoms with Crippen molar-refractivity contribution in [2.75, 3.05) is 45.8 Å². The zero-order valence-electron chi connectivity index (χ0n) is 17.5. The first-order valence-electron chi connectivity index (χ1n) is 10.7. The number of carbonyl (C=O) groups is 1. The van der Waals surface area contributed by atoms with Gasteiger partial charge in [0.05, 0.1) is 6.26 Å². The minimum atomic E-state index is -3.14. The van der Waals surface area contributed by atoms with E-state index in [0.717, 1.165) is 69.9 Å². The van der Waals surface area contributed by atoms with E-state index in [1.807, 2.05) is 17.0 Å². The predicted octanol–water partition coefficient (Wildman–Crippen LogP) is 1.42. The van der Waals surface area contributed by atoms with E-state index in [1.165, 1.54) is 11.8 Å². The van der Waals surface area contributed by atoms with Crippen LogP contribution in [0.2, 0.25) is 0 Å². The van der Waals surface area contributed by atoms with Crippen molar-refractivity contribution in [3.8, 4) is 11.5 Å². The summed E-state index contributed by atoms with van der Waals surface area (Å²) in [6, 6.07) is 6.07. The number of hydrogen-bond donors (Lipinski definition) is 1. The first-order chi connectivity index (χ1) is 14.4. The van der Waals surface area contributed by atoms with Crippen LogP contribution in [0, 0.1) is 11.8 Å². The second-order valence-electron chi connectivity index (χ2n) is 8.63. The summed E-state index contributed by atoms with van der Waals surface area (Å²) in [6.07, 6.45) is 4.71. The Bertz CT molecular complexity index is 859. The van der Waals surface area contributed by atoms with Gasteiger partial charge < -0.3 is 14.4 Å². The van der Waals surface area contributed by atoms with E-state index < -0.39 is 10.0 Å². The molecule has 0 bridgehead atoms. The number of amides is 1. The van der Waals surface area contributed by atoms with Crippen LogP contribution in [0.3, 0.4) is 0 Å². The topological polar surface area (TPSA) is 88.2 Å². The molecule has 0 aromatic heterocycles. The summed E-state index contributed by atoms with van der Waals surface area (Å²) in [4.78, 5) is 17.3. The molecule has 2 aliphatic heterocycles. The molecule has 1 aliphatic carbocycles. The predicted molar refractivity (Wildman–Crippen MR) is 113 cm³/mol. The Hall–Kier alpha value is -1.84. The average Bonchev–Trinajstić information content (AvgIpc) is 3.20. The summed E-state index contributed by atoms with van der Waals surface area (Å²) in [6.45, 7) is 4.88. The van der Waals surface area contributed by atoms with Crippen molar-refractivity contribution in [1.29, 1.82) is 0 Å². The summed E-state index contributed by atoms with van der Waals surface area (Å²) in [5.41, 5.74) is 1.19. The normalized spacial score (nSPS) is 24.8. The first kappa shape index (κ1) is 21.4. The van der Waals surface area contributed by atoms with Crippen molar-refractivity contribution in [1.82, 2.24) is 14.5 Å². The fraction of sp³-hybridized carbons (Fsp3) is 0.667. The monoisotopic (exact) mass is 437 g/mol. The first-order valence-corrected chi connectivity index (χ1v) is 12.6. The standard InChI is InChI=1S/C21H31N3O5S/c1-30(26,27)22-13-16-2-5-18(6-3-16)21(25)24-10-8-23(9-11-24)14-17-4-7-19-20(12-17)29-15-28-19/h4,7,12,16,18,22H,2-3,5-6,8-11,13-15H2,1H3. The van der Waals surface area contributed by atoms with Crippen molar-refractivity contribution in [2.24, 2.45) is 11.8 Å². The van der Waals surface area contributed by atoms with E-state index in [-0.39, 0.29) is 18.6 Å². The molecule has 0 atom stereocenters. The molecule has 2 fully saturated rings. The number of piperazine rings is 1. The van der Waals surface area contributed by atoms with Crippen LogP contribution in [-0.4, -0.2) is 69.9 Å². The molecule has 1 N–H and O–H groups in total. The lowest BCUT2D eigenvalue weighted by molar-refractivity contribution is -0.138. The zero-order valence-corrected chi connectivity index (χ0v) is 18.3. The lowest BCUT2D eigenvalue weighted by Crippen LogP contribution is -2.50. The highest BCUT2D eigenvalue weighted by Crippen LogP contribution is 2.33. The number of ether oxygens (including phenoxy) is 2. The Balaban J connectivity index is 1.20. The van der Waals surface area contributed by atoms with Crippen LogP contribution in [-0.2, 0) is 21.4 Å². The van der Waals surface area contributed by atoms with E-state index in [0.29, 0.717) is 12.5 Å². The molecule has 0 unspecified atom stereocenters. The van der Waals surface area contributed by atoms with Crippen molar-refractivity contribution >= 4 is 15.9 Å². The Kier molecular flexibility index (Phi) is 6.50. The smallest absolute Gasteiger partial charge is 0.231 e. The van der Waals surface area contributed by atoms with Gasteiger partial charge in [0, 0.05) is 45.2 Å². The Morgan fingerprint density at radius 2 is 1.77 bits per heavy atom. The van der Waals surface area contributed by atoms with Gasteiger partial charge >= 0.3 is 0 Å². The van der Waals surface area contributed by atoms with Crippen LogP contribution in [0.5, 0.6) is 11.5 Å². The van der Waals surface area contributed by atoms with Crippen molar-refractivity contribution in [2.45, 2.75) is 32.2 Å². The third-order valence-electron chi connectivity index (χ3n) is 6.36. The molecule has 1 saturated carbocycles. The minimum Gasteiger partial charge on any atom is -0.454 e. The number of nitrogens with one attached hydrogen (secondary N) is 1. The van der Waals surface area contributed by atoms with Gasteiger partial charge in [0.1, 0.15) is 0 Å². The van der Waals surface area contributed by atoms with Crippen molar-refractivity contribution in [3.63, 3.8) is 0 Å². The molecule has 4 rings (SSSR count). The molecule has 0 radical (unpaired) electrons. The molecule has 3 aliphatic rings. The largest absolute Gasteiger partial charge is 0.454 e. The molecule has 30 heavy (non-hydrogen) atoms. The van der Waals surface area contributed by atoms with Crippen LogP contribution in [0.15, 0.2) is 18.2 Å². The zero-order chi connectivity index (χ0) is 21.1. The van der Waals surface area contributed by atoms with Gasteiger partial charge in [-0.15, -0.1) is 0 Å². The van der Waals surface area contributed by atoms with Gasteiger partial charge in [0.15, 0.2) is 11.5 Å². The second-order valence-corrected chi connectivity index (χ2v) is 10.5. The number of carbonyl (C=O) groups excluding carboxylic acids is 1. The highest BCUT2D eigenvalue weighted by Gasteiger charge is 2.31. The number of rotatable bonds is 6. The number of nitrogens with zero attached hydrogens (tertiary/aromatic N) is 2. The summed E-state index contributed by atoms with van der Waals surface area (Å²) < 4.78 is 35.9. The van der Waals surface area contributed by atoms with Gasteiger partial charge in [0.2, 0.25) is 22.7 Å². The van der Waals surface area contributed by atoms with Crippen LogP contribution in [0.4, 0.5) is 0 Å². The lowest BCUT2D eigenvalue weighted by atomic mass is 9.81. The van der Waals surface area contributed by atoms with Gasteiger partial charge in [-0.05, 0) is 49.3 Å². The Labute approximate surface area is 178 Å². The molecule has 1 aromatic rings. The van der Waals surface area contributed by atoms with Crippen LogP contribution >= 0.6 is 0 Å². The van der Waals surface area contributed by atoms with E-state index in [2.05, 4.69) is 15.7 Å². The fourth-order valence-corrected chi connectivity index (χ4v) is 5.10. The van der Waals surface area contributed by atoms with Gasteiger partial charge in [-0.2, -0.15) is 0 Å². The molecule has 0 spiro atoms.